The SMILES string of the molecule is CCCN(CCC)c1ccc(O)c2c1CC1CC3C(N)C(=O)C(C(=O)NC(=O)CN(C)C)=C(O)C3(O)C(=O)C1=C2O.O=S(=O)(O)O. The van der Waals surface area contributed by atoms with Crippen molar-refractivity contribution in [3.05, 3.63) is 40.2 Å². The first-order chi connectivity index (χ1) is 21.3. The standard InChI is InChI=1S/C29H38N4O8.H2O4S/c1-5-9-33(10-6-2)17-7-8-18(34)21-15(17)11-14-12-16-23(30)25(37)22(28(40)31-19(35)13-32(3)4)27(39)29(16,41)26(38)20(14)24(21)36;1-5(2,3)4/h7-8,14,16,23,34,36,39,41H,5-6,9-13,30H2,1-4H3,(H,31,35,40);(H2,1,2,3,4). The number of anilines is 1. The summed E-state index contributed by atoms with van der Waals surface area (Å²) in [4.78, 5) is 55.8. The molecule has 0 aromatic heterocycles. The summed E-state index contributed by atoms with van der Waals surface area (Å²) >= 11 is 0. The van der Waals surface area contributed by atoms with E-state index in [4.69, 9.17) is 23.3 Å². The highest BCUT2D eigenvalue weighted by Crippen LogP contribution is 2.53. The van der Waals surface area contributed by atoms with Gasteiger partial charge in [0.2, 0.25) is 11.7 Å². The van der Waals surface area contributed by atoms with Crippen LogP contribution in [0.3, 0.4) is 0 Å². The molecule has 4 atom stereocenters. The van der Waals surface area contributed by atoms with Crippen LogP contribution in [0.1, 0.15) is 44.2 Å². The summed E-state index contributed by atoms with van der Waals surface area (Å²) < 4.78 is 31.6. The Labute approximate surface area is 265 Å². The van der Waals surface area contributed by atoms with Gasteiger partial charge in [-0.3, -0.25) is 33.6 Å². The van der Waals surface area contributed by atoms with Crippen molar-refractivity contribution >= 4 is 45.2 Å². The lowest BCUT2D eigenvalue weighted by atomic mass is 9.58. The molecule has 0 spiro atoms. The number of aliphatic hydroxyl groups is 3. The summed E-state index contributed by atoms with van der Waals surface area (Å²) in [5.41, 5.74) is 3.70. The van der Waals surface area contributed by atoms with E-state index in [0.717, 1.165) is 31.6 Å². The van der Waals surface area contributed by atoms with E-state index in [1.807, 2.05) is 19.2 Å². The van der Waals surface area contributed by atoms with Gasteiger partial charge in [0.15, 0.2) is 11.4 Å². The number of carbonyl (C=O) groups excluding carboxylic acids is 4. The van der Waals surface area contributed by atoms with Gasteiger partial charge in [-0.25, -0.2) is 0 Å². The van der Waals surface area contributed by atoms with E-state index in [1.54, 1.807) is 20.2 Å². The predicted molar refractivity (Wildman–Crippen MR) is 164 cm³/mol. The Balaban J connectivity index is 0.00000107. The van der Waals surface area contributed by atoms with Gasteiger partial charge in [0.25, 0.3) is 5.91 Å². The molecule has 3 aliphatic rings. The summed E-state index contributed by atoms with van der Waals surface area (Å²) in [6, 6.07) is 1.66. The topological polar surface area (TPSA) is 268 Å². The number of hydrogen-bond donors (Lipinski definition) is 8. The Hall–Kier alpha value is -3.87. The number of fused-ring (bicyclic) bond motifs is 3. The van der Waals surface area contributed by atoms with Gasteiger partial charge in [-0.1, -0.05) is 13.8 Å². The van der Waals surface area contributed by atoms with Crippen molar-refractivity contribution in [1.82, 2.24) is 10.2 Å². The van der Waals surface area contributed by atoms with Gasteiger partial charge in [0, 0.05) is 30.3 Å². The zero-order valence-electron chi connectivity index (χ0n) is 25.8. The minimum Gasteiger partial charge on any atom is -0.508 e. The lowest BCUT2D eigenvalue weighted by Crippen LogP contribution is -2.65. The number of likely N-dealkylation sites (N-methyl/N-ethyl adjacent to an activating group) is 1. The van der Waals surface area contributed by atoms with Gasteiger partial charge in [0.1, 0.15) is 22.8 Å². The Morgan fingerprint density at radius 3 is 2.15 bits per heavy atom. The van der Waals surface area contributed by atoms with Crippen LogP contribution in [0.15, 0.2) is 29.0 Å². The third kappa shape index (κ3) is 7.08. The number of Topliss-reactive ketones (excluding diaryl/α,β-unsaturated/α-hetero) is 2. The highest BCUT2D eigenvalue weighted by molar-refractivity contribution is 7.79. The Morgan fingerprint density at radius 1 is 1.07 bits per heavy atom. The number of hydrogen-bond acceptors (Lipinski definition) is 13. The van der Waals surface area contributed by atoms with E-state index in [-0.39, 0.29) is 36.3 Å². The second-order valence-electron chi connectivity index (χ2n) is 11.7. The number of nitrogens with one attached hydrogen (secondary N) is 1. The molecule has 0 heterocycles. The van der Waals surface area contributed by atoms with Crippen LogP contribution in [-0.2, 0) is 36.0 Å². The van der Waals surface area contributed by atoms with Crippen LogP contribution in [0.2, 0.25) is 0 Å². The van der Waals surface area contributed by atoms with Gasteiger partial charge >= 0.3 is 10.4 Å². The zero-order chi connectivity index (χ0) is 34.9. The third-order valence-electron chi connectivity index (χ3n) is 8.13. The number of nitrogens with zero attached hydrogens (tertiary/aromatic N) is 2. The van der Waals surface area contributed by atoms with E-state index in [1.165, 1.54) is 11.0 Å². The molecule has 4 unspecified atom stereocenters. The molecule has 0 bridgehead atoms. The quantitative estimate of drug-likeness (QED) is 0.134. The molecule has 3 aliphatic carbocycles. The van der Waals surface area contributed by atoms with Gasteiger partial charge in [-0.2, -0.15) is 8.42 Å². The van der Waals surface area contributed by atoms with E-state index >= 15 is 0 Å². The molecule has 16 nitrogen and oxygen atoms in total. The number of carbonyl (C=O) groups is 4. The monoisotopic (exact) mass is 668 g/mol. The molecule has 17 heteroatoms. The fourth-order valence-electron chi connectivity index (χ4n) is 6.39. The highest BCUT2D eigenvalue weighted by atomic mass is 32.3. The minimum absolute atomic E-state index is 0.0632. The van der Waals surface area contributed by atoms with Crippen LogP contribution < -0.4 is 16.0 Å². The maximum atomic E-state index is 13.9. The summed E-state index contributed by atoms with van der Waals surface area (Å²) in [5.74, 6) is -8.19. The summed E-state index contributed by atoms with van der Waals surface area (Å²) in [5, 5.41) is 46.9. The Morgan fingerprint density at radius 2 is 1.63 bits per heavy atom. The lowest BCUT2D eigenvalue weighted by Gasteiger charge is -2.48. The molecule has 0 radical (unpaired) electrons. The third-order valence-corrected chi connectivity index (χ3v) is 8.13. The van der Waals surface area contributed by atoms with Crippen LogP contribution in [0.4, 0.5) is 5.69 Å². The van der Waals surface area contributed by atoms with Crippen LogP contribution in [0.5, 0.6) is 5.75 Å². The maximum Gasteiger partial charge on any atom is 0.394 e. The van der Waals surface area contributed by atoms with Crippen LogP contribution in [0, 0.1) is 11.8 Å². The van der Waals surface area contributed by atoms with Crippen molar-refractivity contribution < 1.29 is 57.1 Å². The fraction of sp³-hybridized carbons (Fsp3) is 0.517. The number of aromatic hydroxyl groups is 1. The summed E-state index contributed by atoms with van der Waals surface area (Å²) in [6.45, 7) is 5.34. The molecule has 46 heavy (non-hydrogen) atoms. The predicted octanol–water partition coefficient (Wildman–Crippen LogP) is 0.0538. The molecule has 0 saturated heterocycles. The van der Waals surface area contributed by atoms with Crippen molar-refractivity contribution in [3.8, 4) is 5.75 Å². The zero-order valence-corrected chi connectivity index (χ0v) is 26.7. The molecular formula is C29H40N4O12S. The van der Waals surface area contributed by atoms with Crippen LogP contribution in [0.25, 0.3) is 5.76 Å². The number of amides is 2. The molecule has 1 saturated carbocycles. The van der Waals surface area contributed by atoms with Gasteiger partial charge in [-0.15, -0.1) is 0 Å². The number of rotatable bonds is 8. The molecular weight excluding hydrogens is 628 g/mol. The number of phenolic OH excluding ortho intramolecular Hbond substituents is 1. The number of imide groups is 1. The van der Waals surface area contributed by atoms with E-state index in [2.05, 4.69) is 4.90 Å². The molecule has 2 amide bonds. The van der Waals surface area contributed by atoms with Crippen molar-refractivity contribution in [2.75, 3.05) is 38.6 Å². The van der Waals surface area contributed by atoms with Crippen molar-refractivity contribution in [1.29, 1.82) is 0 Å². The molecule has 1 aromatic rings. The largest absolute Gasteiger partial charge is 0.508 e. The van der Waals surface area contributed by atoms with Crippen molar-refractivity contribution in [2.45, 2.75) is 51.2 Å². The Bertz CT molecular complexity index is 1590. The van der Waals surface area contributed by atoms with Gasteiger partial charge < -0.3 is 36.0 Å². The van der Waals surface area contributed by atoms with E-state index in [0.29, 0.717) is 5.56 Å². The van der Waals surface area contributed by atoms with Crippen LogP contribution in [-0.4, -0.2) is 112 Å². The lowest BCUT2D eigenvalue weighted by molar-refractivity contribution is -0.149. The smallest absolute Gasteiger partial charge is 0.394 e. The molecule has 1 aromatic carbocycles. The first-order valence-electron chi connectivity index (χ1n) is 14.5. The van der Waals surface area contributed by atoms with Crippen molar-refractivity contribution in [2.24, 2.45) is 17.6 Å². The summed E-state index contributed by atoms with van der Waals surface area (Å²) in [7, 11) is -1.50. The fourth-order valence-corrected chi connectivity index (χ4v) is 6.39. The number of aliphatic hydroxyl groups excluding tert-OH is 2. The maximum absolute atomic E-state index is 13.9. The molecule has 1 fully saturated rings. The van der Waals surface area contributed by atoms with Gasteiger partial charge in [0.05, 0.1) is 18.2 Å². The molecule has 254 valence electrons. The average molecular weight is 669 g/mol. The minimum atomic E-state index is -4.67. The van der Waals surface area contributed by atoms with Gasteiger partial charge in [-0.05, 0) is 63.4 Å². The van der Waals surface area contributed by atoms with Crippen molar-refractivity contribution in [3.63, 3.8) is 0 Å². The molecule has 0 aliphatic heterocycles. The second kappa shape index (κ2) is 13.9. The number of phenols is 1. The first kappa shape index (κ1) is 36.6. The molecule has 9 N–H and O–H groups in total. The number of nitrogens with two attached hydrogens (primary N) is 1. The number of benzene rings is 1. The second-order valence-corrected chi connectivity index (χ2v) is 12.6. The highest BCUT2D eigenvalue weighted by Gasteiger charge is 2.63. The summed E-state index contributed by atoms with van der Waals surface area (Å²) in [6.07, 6.45) is 1.86. The Kier molecular flexibility index (Phi) is 11.0. The first-order valence-corrected chi connectivity index (χ1v) is 15.9. The average Bonchev–Trinajstić information content (AvgIpc) is 2.92. The van der Waals surface area contributed by atoms with E-state index < -0.39 is 74.3 Å². The normalized spacial score (nSPS) is 24.1. The molecule has 4 rings (SSSR count). The van der Waals surface area contributed by atoms with E-state index in [9.17, 15) is 39.6 Å². The number of ketones is 2. The van der Waals surface area contributed by atoms with Crippen LogP contribution >= 0.6 is 0 Å².